The number of halogens is 1. The van der Waals surface area contributed by atoms with Gasteiger partial charge in [-0.1, -0.05) is 26.0 Å². The minimum absolute atomic E-state index is 0.00683. The molecular formula is C24H31FN2O4. The van der Waals surface area contributed by atoms with Crippen LogP contribution in [0.25, 0.3) is 0 Å². The van der Waals surface area contributed by atoms with Crippen molar-refractivity contribution in [3.8, 4) is 0 Å². The second-order valence-corrected chi connectivity index (χ2v) is 8.46. The van der Waals surface area contributed by atoms with Crippen LogP contribution in [0.4, 0.5) is 4.39 Å². The summed E-state index contributed by atoms with van der Waals surface area (Å²) in [5.41, 5.74) is 0.722. The van der Waals surface area contributed by atoms with Crippen molar-refractivity contribution in [2.75, 3.05) is 26.2 Å². The molecule has 1 aliphatic rings. The van der Waals surface area contributed by atoms with Gasteiger partial charge in [-0.3, -0.25) is 9.59 Å². The summed E-state index contributed by atoms with van der Waals surface area (Å²) < 4.78 is 24.3. The van der Waals surface area contributed by atoms with E-state index < -0.39 is 0 Å². The second-order valence-electron chi connectivity index (χ2n) is 8.46. The molecule has 1 saturated heterocycles. The van der Waals surface area contributed by atoms with E-state index in [0.717, 1.165) is 18.4 Å². The predicted molar refractivity (Wildman–Crippen MR) is 115 cm³/mol. The van der Waals surface area contributed by atoms with Crippen molar-refractivity contribution < 1.29 is 23.1 Å². The van der Waals surface area contributed by atoms with Crippen molar-refractivity contribution in [3.63, 3.8) is 0 Å². The highest BCUT2D eigenvalue weighted by Crippen LogP contribution is 2.16. The number of ether oxygens (including phenoxy) is 1. The van der Waals surface area contributed by atoms with Gasteiger partial charge < -0.3 is 19.0 Å². The number of rotatable bonds is 10. The largest absolute Gasteiger partial charge is 0.467 e. The van der Waals surface area contributed by atoms with Gasteiger partial charge in [0.05, 0.1) is 31.9 Å². The quantitative estimate of drug-likeness (QED) is 0.577. The van der Waals surface area contributed by atoms with Crippen molar-refractivity contribution in [2.45, 2.75) is 45.8 Å². The van der Waals surface area contributed by atoms with Crippen LogP contribution in [0.3, 0.4) is 0 Å². The molecule has 2 aromatic rings. The van der Waals surface area contributed by atoms with Crippen LogP contribution in [-0.2, 0) is 27.3 Å². The molecular weight excluding hydrogens is 399 g/mol. The van der Waals surface area contributed by atoms with Crippen LogP contribution in [0.1, 0.15) is 38.0 Å². The number of furan rings is 1. The molecule has 7 heteroatoms. The lowest BCUT2D eigenvalue weighted by atomic mass is 10.1. The van der Waals surface area contributed by atoms with E-state index in [4.69, 9.17) is 9.15 Å². The molecule has 1 unspecified atom stereocenters. The summed E-state index contributed by atoms with van der Waals surface area (Å²) in [6.07, 6.45) is 3.63. The van der Waals surface area contributed by atoms with Gasteiger partial charge in [0.25, 0.3) is 0 Å². The lowest BCUT2D eigenvalue weighted by molar-refractivity contribution is -0.142. The van der Waals surface area contributed by atoms with E-state index in [1.54, 1.807) is 34.3 Å². The highest BCUT2D eigenvalue weighted by atomic mass is 19.1. The zero-order valence-corrected chi connectivity index (χ0v) is 18.3. The first kappa shape index (κ1) is 23.0. The number of hydrogen-bond donors (Lipinski definition) is 0. The summed E-state index contributed by atoms with van der Waals surface area (Å²) in [6, 6.07) is 9.51. The maximum Gasteiger partial charge on any atom is 0.242 e. The van der Waals surface area contributed by atoms with Crippen molar-refractivity contribution in [1.29, 1.82) is 0 Å². The van der Waals surface area contributed by atoms with Gasteiger partial charge in [0.2, 0.25) is 11.8 Å². The second kappa shape index (κ2) is 11.1. The Morgan fingerprint density at radius 3 is 2.52 bits per heavy atom. The molecule has 0 N–H and O–H groups in total. The van der Waals surface area contributed by atoms with Crippen LogP contribution >= 0.6 is 0 Å². The molecule has 1 fully saturated rings. The smallest absolute Gasteiger partial charge is 0.242 e. The number of hydrogen-bond acceptors (Lipinski definition) is 4. The molecule has 6 nitrogen and oxygen atoms in total. The lowest BCUT2D eigenvalue weighted by Gasteiger charge is -2.29. The molecule has 1 aromatic carbocycles. The lowest BCUT2D eigenvalue weighted by Crippen LogP contribution is -2.46. The summed E-state index contributed by atoms with van der Waals surface area (Å²) in [6.45, 7) is 6.01. The van der Waals surface area contributed by atoms with E-state index >= 15 is 0 Å². The topological polar surface area (TPSA) is 63.0 Å². The van der Waals surface area contributed by atoms with Crippen LogP contribution < -0.4 is 0 Å². The van der Waals surface area contributed by atoms with Crippen molar-refractivity contribution in [3.05, 3.63) is 59.8 Å². The van der Waals surface area contributed by atoms with Crippen LogP contribution in [0.15, 0.2) is 47.1 Å². The Hall–Kier alpha value is -2.67. The Kier molecular flexibility index (Phi) is 8.23. The normalized spacial score (nSPS) is 15.9. The van der Waals surface area contributed by atoms with Gasteiger partial charge in [0.1, 0.15) is 11.6 Å². The molecule has 0 aliphatic carbocycles. The van der Waals surface area contributed by atoms with Gasteiger partial charge in [0.15, 0.2) is 0 Å². The first-order chi connectivity index (χ1) is 14.9. The van der Waals surface area contributed by atoms with Crippen molar-refractivity contribution >= 4 is 11.8 Å². The standard InChI is InChI=1S/C24H31FN2O4/c1-18(2)14-26(23(28)13-19-7-9-20(25)10-8-19)17-24(29)27(15-21-5-3-11-30-21)16-22-6-4-12-31-22/h3,5,7-11,18,22H,4,6,12-17H2,1-2H3. The molecule has 0 spiro atoms. The first-order valence-electron chi connectivity index (χ1n) is 10.8. The van der Waals surface area contributed by atoms with Crippen LogP contribution in [-0.4, -0.2) is 54.0 Å². The molecule has 2 heterocycles. The first-order valence-corrected chi connectivity index (χ1v) is 10.8. The molecule has 168 valence electrons. The molecule has 1 aromatic heterocycles. The molecule has 31 heavy (non-hydrogen) atoms. The van der Waals surface area contributed by atoms with Gasteiger partial charge in [0, 0.05) is 19.7 Å². The summed E-state index contributed by atoms with van der Waals surface area (Å²) >= 11 is 0. The number of carbonyl (C=O) groups excluding carboxylic acids is 2. The Morgan fingerprint density at radius 2 is 1.90 bits per heavy atom. The third-order valence-electron chi connectivity index (χ3n) is 5.26. The monoisotopic (exact) mass is 430 g/mol. The maximum atomic E-state index is 13.2. The number of benzene rings is 1. The van der Waals surface area contributed by atoms with Gasteiger partial charge >= 0.3 is 0 Å². The van der Waals surface area contributed by atoms with E-state index in [9.17, 15) is 14.0 Å². The Morgan fingerprint density at radius 1 is 1.13 bits per heavy atom. The van der Waals surface area contributed by atoms with Crippen molar-refractivity contribution in [2.24, 2.45) is 5.92 Å². The van der Waals surface area contributed by atoms with Gasteiger partial charge in [-0.2, -0.15) is 0 Å². The third-order valence-corrected chi connectivity index (χ3v) is 5.26. The summed E-state index contributed by atoms with van der Waals surface area (Å²) in [5.74, 6) is 0.276. The van der Waals surface area contributed by atoms with Gasteiger partial charge in [-0.15, -0.1) is 0 Å². The molecule has 3 rings (SSSR count). The fourth-order valence-corrected chi connectivity index (χ4v) is 3.73. The molecule has 0 radical (unpaired) electrons. The molecule has 0 bridgehead atoms. The van der Waals surface area contributed by atoms with Gasteiger partial charge in [-0.25, -0.2) is 4.39 Å². The van der Waals surface area contributed by atoms with Crippen LogP contribution in [0.2, 0.25) is 0 Å². The highest BCUT2D eigenvalue weighted by Gasteiger charge is 2.26. The number of amides is 2. The van der Waals surface area contributed by atoms with E-state index in [1.807, 2.05) is 19.9 Å². The fourth-order valence-electron chi connectivity index (χ4n) is 3.73. The zero-order valence-electron chi connectivity index (χ0n) is 18.3. The average molecular weight is 431 g/mol. The highest BCUT2D eigenvalue weighted by molar-refractivity contribution is 5.86. The summed E-state index contributed by atoms with van der Waals surface area (Å²) in [4.78, 5) is 29.5. The Bertz CT molecular complexity index is 830. The molecule has 1 aliphatic heterocycles. The van der Waals surface area contributed by atoms with E-state index in [-0.39, 0.29) is 42.6 Å². The number of carbonyl (C=O) groups is 2. The minimum Gasteiger partial charge on any atom is -0.467 e. The fraction of sp³-hybridized carbons (Fsp3) is 0.500. The number of nitrogens with zero attached hydrogens (tertiary/aromatic N) is 2. The summed E-state index contributed by atoms with van der Waals surface area (Å²) in [5, 5.41) is 0. The van der Waals surface area contributed by atoms with Crippen molar-refractivity contribution in [1.82, 2.24) is 9.80 Å². The molecule has 0 saturated carbocycles. The van der Waals surface area contributed by atoms with Crippen LogP contribution in [0.5, 0.6) is 0 Å². The maximum absolute atomic E-state index is 13.2. The zero-order chi connectivity index (χ0) is 22.2. The Labute approximate surface area is 183 Å². The van der Waals surface area contributed by atoms with Crippen LogP contribution in [0, 0.1) is 11.7 Å². The van der Waals surface area contributed by atoms with Gasteiger partial charge in [-0.05, 0) is 48.6 Å². The molecule has 1 atom stereocenters. The van der Waals surface area contributed by atoms with E-state index in [2.05, 4.69) is 0 Å². The molecule has 2 amide bonds. The SMILES string of the molecule is CC(C)CN(CC(=O)N(Cc1ccco1)CC1CCCO1)C(=O)Cc1ccc(F)cc1. The predicted octanol–water partition coefficient (Wildman–Crippen LogP) is 3.65. The summed E-state index contributed by atoms with van der Waals surface area (Å²) in [7, 11) is 0. The average Bonchev–Trinajstić information content (AvgIpc) is 3.42. The third kappa shape index (κ3) is 7.21. The Balaban J connectivity index is 1.69. The van der Waals surface area contributed by atoms with E-state index in [0.29, 0.717) is 32.0 Å². The van der Waals surface area contributed by atoms with E-state index in [1.165, 1.54) is 12.1 Å². The minimum atomic E-state index is -0.340.